The van der Waals surface area contributed by atoms with E-state index in [0.29, 0.717) is 31.2 Å². The minimum absolute atomic E-state index is 0.147. The van der Waals surface area contributed by atoms with Crippen LogP contribution in [0.5, 0.6) is 11.5 Å². The van der Waals surface area contributed by atoms with Crippen LogP contribution < -0.4 is 20.1 Å². The van der Waals surface area contributed by atoms with Crippen molar-refractivity contribution in [2.24, 2.45) is 0 Å². The predicted molar refractivity (Wildman–Crippen MR) is 184 cm³/mol. The van der Waals surface area contributed by atoms with Gasteiger partial charge in [0.25, 0.3) is 0 Å². The molecule has 8 heteroatoms. The van der Waals surface area contributed by atoms with Gasteiger partial charge in [0.2, 0.25) is 0 Å². The predicted octanol–water partition coefficient (Wildman–Crippen LogP) is 8.33. The van der Waals surface area contributed by atoms with Crippen LogP contribution in [0.4, 0.5) is 0 Å². The largest absolute Gasteiger partial charge is 0.489 e. The monoisotopic (exact) mass is 637 g/mol. The number of fused-ring (bicyclic) bond motifs is 1. The number of ether oxygens (including phenoxy) is 2. The van der Waals surface area contributed by atoms with Gasteiger partial charge in [-0.25, -0.2) is 0 Å². The van der Waals surface area contributed by atoms with Crippen molar-refractivity contribution in [2.45, 2.75) is 71.9 Å². The molecule has 0 amide bonds. The van der Waals surface area contributed by atoms with Crippen molar-refractivity contribution in [3.05, 3.63) is 112 Å². The normalized spacial score (nSPS) is 14.7. The number of benzene rings is 3. The van der Waals surface area contributed by atoms with E-state index in [1.54, 1.807) is 11.3 Å². The molecule has 0 fully saturated rings. The molecule has 0 aliphatic carbocycles. The van der Waals surface area contributed by atoms with E-state index in [2.05, 4.69) is 73.8 Å². The van der Waals surface area contributed by atoms with Crippen LogP contribution in [0.25, 0.3) is 21.8 Å². The Morgan fingerprint density at radius 1 is 1.00 bits per heavy atom. The Kier molecular flexibility index (Phi) is 9.61. The number of nitrogens with one attached hydrogen (secondary N) is 2. The second-order valence-corrected chi connectivity index (χ2v) is 13.6. The molecule has 3 aromatic carbocycles. The summed E-state index contributed by atoms with van der Waals surface area (Å²) < 4.78 is 19.0. The van der Waals surface area contributed by atoms with Gasteiger partial charge in [0.05, 0.1) is 5.56 Å². The number of aliphatic hydroxyl groups excluding tert-OH is 1. The zero-order chi connectivity index (χ0) is 32.3. The van der Waals surface area contributed by atoms with Crippen LogP contribution in [-0.2, 0) is 25.2 Å². The fraction of sp³-hybridized carbons (Fsp3) is 0.342. The summed E-state index contributed by atoms with van der Waals surface area (Å²) in [5.41, 5.74) is 6.38. The maximum atomic E-state index is 11.2. The zero-order valence-electron chi connectivity index (χ0n) is 27.2. The molecule has 0 spiro atoms. The number of rotatable bonds is 12. The van der Waals surface area contributed by atoms with Crippen molar-refractivity contribution in [1.82, 2.24) is 15.8 Å². The van der Waals surface area contributed by atoms with Crippen LogP contribution in [0.15, 0.2) is 83.4 Å². The first-order valence-corrected chi connectivity index (χ1v) is 16.9. The maximum Gasteiger partial charge on any atom is 0.176 e. The summed E-state index contributed by atoms with van der Waals surface area (Å²) in [5, 5.41) is 22.5. The van der Waals surface area contributed by atoms with Gasteiger partial charge in [0, 0.05) is 33.0 Å². The second kappa shape index (κ2) is 13.8. The maximum absolute atomic E-state index is 11.2. The van der Waals surface area contributed by atoms with Crippen LogP contribution >= 0.6 is 11.3 Å². The molecule has 1 atom stereocenters. The molecule has 5 aromatic rings. The van der Waals surface area contributed by atoms with Crippen molar-refractivity contribution < 1.29 is 19.1 Å². The summed E-state index contributed by atoms with van der Waals surface area (Å²) >= 11 is 1.74. The van der Waals surface area contributed by atoms with Gasteiger partial charge in [-0.3, -0.25) is 5.32 Å². The molecule has 2 aromatic heterocycles. The topological polar surface area (TPSA) is 88.8 Å². The highest BCUT2D eigenvalue weighted by molar-refractivity contribution is 7.16. The Bertz CT molecular complexity index is 1760. The molecule has 7 nitrogen and oxygen atoms in total. The van der Waals surface area contributed by atoms with E-state index in [0.717, 1.165) is 57.2 Å². The van der Waals surface area contributed by atoms with Crippen molar-refractivity contribution >= 4 is 11.3 Å². The third kappa shape index (κ3) is 6.76. The lowest BCUT2D eigenvalue weighted by Crippen LogP contribution is -2.41. The van der Waals surface area contributed by atoms with Crippen molar-refractivity contribution in [2.75, 3.05) is 13.1 Å². The van der Waals surface area contributed by atoms with Crippen LogP contribution in [0, 0.1) is 0 Å². The molecular formula is C38H43N3O4S. The lowest BCUT2D eigenvalue weighted by atomic mass is 9.92. The van der Waals surface area contributed by atoms with Gasteiger partial charge in [-0.05, 0) is 79.8 Å². The number of hydrogen-bond acceptors (Lipinski definition) is 8. The highest BCUT2D eigenvalue weighted by atomic mass is 32.1. The van der Waals surface area contributed by atoms with Gasteiger partial charge in [0.15, 0.2) is 12.0 Å². The van der Waals surface area contributed by atoms with Crippen LogP contribution in [0.3, 0.4) is 0 Å². The van der Waals surface area contributed by atoms with Gasteiger partial charge in [-0.15, -0.1) is 11.3 Å². The van der Waals surface area contributed by atoms with Gasteiger partial charge >= 0.3 is 0 Å². The lowest BCUT2D eigenvalue weighted by molar-refractivity contribution is 0.133. The number of aliphatic hydroxyl groups is 1. The highest BCUT2D eigenvalue weighted by Crippen LogP contribution is 2.47. The first-order chi connectivity index (χ1) is 22.2. The molecule has 0 bridgehead atoms. The summed E-state index contributed by atoms with van der Waals surface area (Å²) in [6.45, 7) is 13.0. The second-order valence-electron chi connectivity index (χ2n) is 12.6. The standard InChI is InChI=1S/C38H43N3O4S/c1-6-39-37(42)34-33(32-20-26-17-18-40-38(4,5)36(26)46-32)35(45-41-34)30-21-29(24(2)3)31(44-22-25-13-9-7-10-14-25)19-27(30)23-43-28-15-11-8-12-16-28/h7-16,19-21,24,37,39-40,42H,6,17-18,22-23H2,1-5H3. The van der Waals surface area contributed by atoms with Crippen molar-refractivity contribution in [1.29, 1.82) is 0 Å². The number of para-hydroxylation sites is 1. The fourth-order valence-electron chi connectivity index (χ4n) is 6.02. The quantitative estimate of drug-likeness (QED) is 0.119. The Labute approximate surface area is 275 Å². The summed E-state index contributed by atoms with van der Waals surface area (Å²) in [7, 11) is 0. The van der Waals surface area contributed by atoms with E-state index in [9.17, 15) is 5.11 Å². The zero-order valence-corrected chi connectivity index (χ0v) is 28.0. The van der Waals surface area contributed by atoms with Crippen LogP contribution in [-0.4, -0.2) is 23.4 Å². The van der Waals surface area contributed by atoms with Crippen molar-refractivity contribution in [3.63, 3.8) is 0 Å². The molecule has 1 aliphatic heterocycles. The van der Waals surface area contributed by atoms with Gasteiger partial charge in [-0.2, -0.15) is 0 Å². The van der Waals surface area contributed by atoms with E-state index in [4.69, 9.17) is 14.0 Å². The average molecular weight is 638 g/mol. The average Bonchev–Trinajstić information content (AvgIpc) is 3.69. The molecule has 1 unspecified atom stereocenters. The summed E-state index contributed by atoms with van der Waals surface area (Å²) in [6.07, 6.45) is -0.0351. The molecule has 0 radical (unpaired) electrons. The van der Waals surface area contributed by atoms with E-state index >= 15 is 0 Å². The smallest absolute Gasteiger partial charge is 0.176 e. The molecule has 6 rings (SSSR count). The SMILES string of the molecule is CCNC(O)c1noc(-c2cc(C(C)C)c(OCc3ccccc3)cc2COc2ccccc2)c1-c1cc2c(s1)C(C)(C)NCC2. The van der Waals surface area contributed by atoms with Gasteiger partial charge < -0.3 is 24.4 Å². The third-order valence-corrected chi connectivity index (χ3v) is 9.95. The van der Waals surface area contributed by atoms with Crippen LogP contribution in [0.2, 0.25) is 0 Å². The van der Waals surface area contributed by atoms with E-state index in [1.165, 1.54) is 10.4 Å². The number of thiophene rings is 1. The molecule has 3 heterocycles. The number of nitrogens with zero attached hydrogens (tertiary/aromatic N) is 1. The van der Waals surface area contributed by atoms with Gasteiger partial charge in [-0.1, -0.05) is 74.5 Å². The molecule has 3 N–H and O–H groups in total. The first kappa shape index (κ1) is 32.0. The van der Waals surface area contributed by atoms with Gasteiger partial charge in [0.1, 0.15) is 30.4 Å². The number of aromatic nitrogens is 1. The van der Waals surface area contributed by atoms with E-state index in [1.807, 2.05) is 55.5 Å². The molecule has 0 saturated carbocycles. The minimum atomic E-state index is -0.982. The Morgan fingerprint density at radius 2 is 1.74 bits per heavy atom. The van der Waals surface area contributed by atoms with Crippen molar-refractivity contribution in [3.8, 4) is 33.3 Å². The summed E-state index contributed by atoms with van der Waals surface area (Å²) in [5.74, 6) is 2.37. The molecule has 240 valence electrons. The number of hydrogen-bond donors (Lipinski definition) is 3. The fourth-order valence-corrected chi connectivity index (χ4v) is 7.36. The Hall–Kier alpha value is -3.95. The molecule has 46 heavy (non-hydrogen) atoms. The van der Waals surface area contributed by atoms with Crippen LogP contribution in [0.1, 0.15) is 79.6 Å². The molecule has 0 saturated heterocycles. The first-order valence-electron chi connectivity index (χ1n) is 16.1. The van der Waals surface area contributed by atoms with E-state index < -0.39 is 6.23 Å². The summed E-state index contributed by atoms with van der Waals surface area (Å²) in [6, 6.07) is 26.5. The van der Waals surface area contributed by atoms with E-state index in [-0.39, 0.29) is 11.5 Å². The molecular weight excluding hydrogens is 595 g/mol. The summed E-state index contributed by atoms with van der Waals surface area (Å²) in [4.78, 5) is 2.32. The minimum Gasteiger partial charge on any atom is -0.489 e. The molecule has 1 aliphatic rings. The Balaban J connectivity index is 1.50. The third-order valence-electron chi connectivity index (χ3n) is 8.44. The lowest BCUT2D eigenvalue weighted by Gasteiger charge is -2.31. The highest BCUT2D eigenvalue weighted by Gasteiger charge is 2.33. The Morgan fingerprint density at radius 3 is 2.43 bits per heavy atom.